The van der Waals surface area contributed by atoms with Gasteiger partial charge in [-0.1, -0.05) is 24.3 Å². The maximum atomic E-state index is 12.5. The van der Waals surface area contributed by atoms with E-state index in [0.717, 1.165) is 33.2 Å². The predicted molar refractivity (Wildman–Crippen MR) is 173 cm³/mol. The maximum Gasteiger partial charge on any atom is 0.376 e. The Hall–Kier alpha value is -4.02. The summed E-state index contributed by atoms with van der Waals surface area (Å²) in [6, 6.07) is 21.9. The summed E-state index contributed by atoms with van der Waals surface area (Å²) in [6.07, 6.45) is 0.634. The molecule has 4 heterocycles. The van der Waals surface area contributed by atoms with Gasteiger partial charge in [-0.25, -0.2) is 19.9 Å². The fraction of sp³-hybridized carbons (Fsp3) is 0.226. The van der Waals surface area contributed by atoms with Gasteiger partial charge in [0.1, 0.15) is 11.4 Å². The van der Waals surface area contributed by atoms with Crippen LogP contribution >= 0.6 is 15.2 Å². The summed E-state index contributed by atoms with van der Waals surface area (Å²) < 4.78 is 38.9. The van der Waals surface area contributed by atoms with Crippen molar-refractivity contribution >= 4 is 48.1 Å². The zero-order chi connectivity index (χ0) is 31.9. The van der Waals surface area contributed by atoms with Crippen molar-refractivity contribution in [2.75, 3.05) is 13.2 Å². The number of aromatic nitrogens is 6. The van der Waals surface area contributed by atoms with Crippen LogP contribution in [-0.4, -0.2) is 52.1 Å². The van der Waals surface area contributed by atoms with Crippen LogP contribution in [0.15, 0.2) is 72.8 Å². The highest BCUT2D eigenvalue weighted by Crippen LogP contribution is 2.41. The number of hydrogen-bond donors (Lipinski definition) is 2. The first kappa shape index (κ1) is 31.0. The van der Waals surface area contributed by atoms with Gasteiger partial charge in [0.05, 0.1) is 35.3 Å². The second-order valence-electron chi connectivity index (χ2n) is 10.5. The molecule has 0 saturated heterocycles. The molecule has 14 heteroatoms. The van der Waals surface area contributed by atoms with E-state index in [-0.39, 0.29) is 24.1 Å². The first-order valence-corrected chi connectivity index (χ1v) is 17.5. The van der Waals surface area contributed by atoms with Gasteiger partial charge in [-0.15, -0.1) is 0 Å². The van der Waals surface area contributed by atoms with Gasteiger partial charge in [0.2, 0.25) is 0 Å². The van der Waals surface area contributed by atoms with Crippen LogP contribution in [0.5, 0.6) is 0 Å². The molecule has 0 aliphatic heterocycles. The average Bonchev–Trinajstić information content (AvgIpc) is 3.53. The second kappa shape index (κ2) is 12.1. The van der Waals surface area contributed by atoms with Gasteiger partial charge in [-0.3, -0.25) is 9.13 Å². The Kier molecular flexibility index (Phi) is 8.30. The molecule has 6 aromatic rings. The van der Waals surface area contributed by atoms with E-state index >= 15 is 0 Å². The zero-order valence-corrected chi connectivity index (χ0v) is 26.9. The Morgan fingerprint density at radius 3 is 1.47 bits per heavy atom. The van der Waals surface area contributed by atoms with Crippen molar-refractivity contribution in [3.63, 3.8) is 0 Å². The zero-order valence-electron chi connectivity index (χ0n) is 25.2. The van der Waals surface area contributed by atoms with E-state index in [9.17, 15) is 18.9 Å². The van der Waals surface area contributed by atoms with E-state index in [4.69, 9.17) is 19.0 Å². The summed E-state index contributed by atoms with van der Waals surface area (Å²) in [5.41, 5.74) is 6.33. The van der Waals surface area contributed by atoms with Crippen LogP contribution < -0.4 is 10.9 Å². The molecule has 4 aromatic heterocycles. The first-order chi connectivity index (χ1) is 21.5. The molecule has 0 aliphatic rings. The van der Waals surface area contributed by atoms with Crippen molar-refractivity contribution < 1.29 is 28.0 Å². The standard InChI is InChI=1S/C31H32N6O6P2/c1-5-42-44(38,39)28-11-7-9-22(32-28)30-34-24-18-20(13-15-26(24)36(30)3)17-21-14-16-27-25(19-21)35-31(37(27)4)23-10-8-12-29(33-23)45(40,41)43-6-2/h7-16,18-19H,5-6,17H2,1-4H3,(H,38,39)(H,40,41). The molecule has 45 heavy (non-hydrogen) atoms. The van der Waals surface area contributed by atoms with E-state index < -0.39 is 15.2 Å². The molecule has 0 amide bonds. The monoisotopic (exact) mass is 646 g/mol. The van der Waals surface area contributed by atoms with Gasteiger partial charge in [0.15, 0.2) is 22.5 Å². The first-order valence-electron chi connectivity index (χ1n) is 14.3. The van der Waals surface area contributed by atoms with Crippen molar-refractivity contribution in [2.45, 2.75) is 20.3 Å². The third-order valence-electron chi connectivity index (χ3n) is 7.41. The van der Waals surface area contributed by atoms with E-state index in [2.05, 4.69) is 9.97 Å². The molecule has 0 bridgehead atoms. The molecular formula is C31H32N6O6P2. The summed E-state index contributed by atoms with van der Waals surface area (Å²) in [7, 11) is -4.28. The minimum Gasteiger partial charge on any atom is -0.326 e. The number of benzene rings is 2. The second-order valence-corrected chi connectivity index (χ2v) is 14.0. The van der Waals surface area contributed by atoms with Crippen LogP contribution in [0.25, 0.3) is 45.1 Å². The number of imidazole rings is 2. The lowest BCUT2D eigenvalue weighted by Gasteiger charge is -2.11. The summed E-state index contributed by atoms with van der Waals surface area (Å²) in [4.78, 5) is 38.9. The van der Waals surface area contributed by atoms with E-state index in [0.29, 0.717) is 29.5 Å². The molecule has 0 fully saturated rings. The number of aryl methyl sites for hydroxylation is 2. The van der Waals surface area contributed by atoms with Gasteiger partial charge in [-0.2, -0.15) is 0 Å². The van der Waals surface area contributed by atoms with Gasteiger partial charge in [-0.05, 0) is 79.9 Å². The third-order valence-corrected chi connectivity index (χ3v) is 10.3. The number of fused-ring (bicyclic) bond motifs is 2. The van der Waals surface area contributed by atoms with E-state index in [1.54, 1.807) is 38.1 Å². The number of nitrogens with zero attached hydrogens (tertiary/aromatic N) is 6. The van der Waals surface area contributed by atoms with Gasteiger partial charge >= 0.3 is 15.2 Å². The molecule has 2 N–H and O–H groups in total. The summed E-state index contributed by atoms with van der Waals surface area (Å²) >= 11 is 0. The highest BCUT2D eigenvalue weighted by atomic mass is 31.2. The van der Waals surface area contributed by atoms with E-state index in [1.165, 1.54) is 12.1 Å². The minimum atomic E-state index is -4.02. The Labute approximate surface area is 259 Å². The molecular weight excluding hydrogens is 614 g/mol. The summed E-state index contributed by atoms with van der Waals surface area (Å²) in [5.74, 6) is 1.14. The Morgan fingerprint density at radius 1 is 0.644 bits per heavy atom. The lowest BCUT2D eigenvalue weighted by Crippen LogP contribution is -2.12. The highest BCUT2D eigenvalue weighted by molar-refractivity contribution is 7.61. The smallest absolute Gasteiger partial charge is 0.326 e. The Bertz CT molecular complexity index is 2010. The highest BCUT2D eigenvalue weighted by Gasteiger charge is 2.26. The number of hydrogen-bond acceptors (Lipinski definition) is 8. The van der Waals surface area contributed by atoms with Crippen molar-refractivity contribution in [1.29, 1.82) is 0 Å². The largest absolute Gasteiger partial charge is 0.376 e. The lowest BCUT2D eigenvalue weighted by molar-refractivity contribution is 0.282. The van der Waals surface area contributed by atoms with Crippen LogP contribution in [0, 0.1) is 0 Å². The third kappa shape index (κ3) is 6.01. The van der Waals surface area contributed by atoms with Crippen molar-refractivity contribution in [3.05, 3.63) is 83.9 Å². The Balaban J connectivity index is 1.29. The predicted octanol–water partition coefficient (Wildman–Crippen LogP) is 4.87. The van der Waals surface area contributed by atoms with Crippen LogP contribution in [0.1, 0.15) is 25.0 Å². The quantitative estimate of drug-likeness (QED) is 0.197. The molecule has 0 aliphatic carbocycles. The molecule has 0 spiro atoms. The lowest BCUT2D eigenvalue weighted by atomic mass is 10.0. The summed E-state index contributed by atoms with van der Waals surface area (Å²) in [5, 5.41) is 0. The molecule has 6 rings (SSSR count). The van der Waals surface area contributed by atoms with Crippen molar-refractivity contribution in [1.82, 2.24) is 29.1 Å². The van der Waals surface area contributed by atoms with Gasteiger partial charge in [0.25, 0.3) is 0 Å². The minimum absolute atomic E-state index is 0.0231. The Morgan fingerprint density at radius 2 is 1.07 bits per heavy atom. The van der Waals surface area contributed by atoms with Crippen LogP contribution in [0.2, 0.25) is 0 Å². The normalized spacial score (nSPS) is 14.5. The van der Waals surface area contributed by atoms with Crippen molar-refractivity contribution in [3.8, 4) is 23.0 Å². The molecule has 2 aromatic carbocycles. The fourth-order valence-electron chi connectivity index (χ4n) is 5.30. The van der Waals surface area contributed by atoms with Crippen molar-refractivity contribution in [2.24, 2.45) is 14.1 Å². The maximum absolute atomic E-state index is 12.5. The van der Waals surface area contributed by atoms with Crippen LogP contribution in [0.3, 0.4) is 0 Å². The molecule has 2 unspecified atom stereocenters. The molecule has 0 radical (unpaired) electrons. The number of rotatable bonds is 10. The topological polar surface area (TPSA) is 154 Å². The van der Waals surface area contributed by atoms with Gasteiger partial charge < -0.3 is 28.0 Å². The van der Waals surface area contributed by atoms with Gasteiger partial charge in [0, 0.05) is 14.1 Å². The van der Waals surface area contributed by atoms with Crippen LogP contribution in [-0.2, 0) is 38.7 Å². The molecule has 0 saturated carbocycles. The summed E-state index contributed by atoms with van der Waals surface area (Å²) in [6.45, 7) is 3.50. The SMILES string of the molecule is CCOP(=O)(O)c1cccc(-c2nc3cc(Cc4ccc5c(c4)nc(-c4cccc(P(=O)(O)OCC)n4)n5C)ccc3n2C)n1. The average molecular weight is 647 g/mol. The van der Waals surface area contributed by atoms with Crippen LogP contribution in [0.4, 0.5) is 0 Å². The number of pyridine rings is 2. The molecule has 2 atom stereocenters. The molecule has 232 valence electrons. The van der Waals surface area contributed by atoms with E-state index in [1.807, 2.05) is 59.6 Å². The molecule has 12 nitrogen and oxygen atoms in total. The fourth-order valence-corrected chi connectivity index (χ4v) is 7.28.